The van der Waals surface area contributed by atoms with Crippen LogP contribution in [-0.2, 0) is 0 Å². The highest BCUT2D eigenvalue weighted by molar-refractivity contribution is 6.07. The van der Waals surface area contributed by atoms with Crippen molar-refractivity contribution >= 4 is 11.5 Å². The van der Waals surface area contributed by atoms with Gasteiger partial charge in [0.1, 0.15) is 17.3 Å². The van der Waals surface area contributed by atoms with Crippen LogP contribution in [0.4, 0.5) is 0 Å². The molecule has 2 N–H and O–H groups in total. The largest absolute Gasteiger partial charge is 0.507 e. The number of aromatic nitrogens is 1. The third kappa shape index (κ3) is 5.50. The van der Waals surface area contributed by atoms with Gasteiger partial charge in [0.2, 0.25) is 5.78 Å². The van der Waals surface area contributed by atoms with E-state index in [1.165, 1.54) is 31.0 Å². The molecular weight excluding hydrogens is 382 g/mol. The highest BCUT2D eigenvalue weighted by Gasteiger charge is 2.14. The number of rotatable bonds is 10. The molecule has 0 radical (unpaired) electrons. The van der Waals surface area contributed by atoms with Crippen LogP contribution < -0.4 is 4.74 Å². The summed E-state index contributed by atoms with van der Waals surface area (Å²) in [5, 5.41) is 23.7. The molecule has 0 aliphatic heterocycles. The zero-order valence-corrected chi connectivity index (χ0v) is 16.9. The quantitative estimate of drug-likeness (QED) is 0.191. The van der Waals surface area contributed by atoms with Crippen LogP contribution in [0.25, 0.3) is 17.1 Å². The number of ether oxygens (including phenoxy) is 1. The standard InChI is InChI=1S/C24H25NO5/c1-2-3-4-7-14-29-18-12-10-17(11-13-18)24-15-20(25-30-24)23(28)16-22(27)19-8-5-6-9-21(19)26/h5-6,8-13,15-16,26-27H,2-4,7,14H2,1H3/b22-16-. The summed E-state index contributed by atoms with van der Waals surface area (Å²) in [4.78, 5) is 12.4. The molecule has 30 heavy (non-hydrogen) atoms. The van der Waals surface area contributed by atoms with Crippen molar-refractivity contribution in [3.8, 4) is 22.8 Å². The van der Waals surface area contributed by atoms with Crippen LogP contribution in [0.3, 0.4) is 0 Å². The molecule has 1 aromatic heterocycles. The SMILES string of the molecule is CCCCCCOc1ccc(-c2cc(C(=O)/C=C(\O)c3ccccc3O)no2)cc1. The van der Waals surface area contributed by atoms with E-state index in [0.29, 0.717) is 12.4 Å². The van der Waals surface area contributed by atoms with Gasteiger partial charge in [0.15, 0.2) is 11.5 Å². The third-order valence-electron chi connectivity index (χ3n) is 4.62. The maximum absolute atomic E-state index is 12.4. The van der Waals surface area contributed by atoms with Crippen molar-refractivity contribution in [1.29, 1.82) is 0 Å². The van der Waals surface area contributed by atoms with Crippen LogP contribution in [-0.4, -0.2) is 27.8 Å². The number of ketones is 1. The summed E-state index contributed by atoms with van der Waals surface area (Å²) in [7, 11) is 0. The second kappa shape index (κ2) is 10.3. The van der Waals surface area contributed by atoms with E-state index in [-0.39, 0.29) is 22.8 Å². The van der Waals surface area contributed by atoms with E-state index >= 15 is 0 Å². The number of hydrogen-bond acceptors (Lipinski definition) is 6. The maximum Gasteiger partial charge on any atom is 0.211 e. The number of aromatic hydroxyl groups is 1. The molecule has 0 fully saturated rings. The highest BCUT2D eigenvalue weighted by atomic mass is 16.5. The molecule has 0 saturated carbocycles. The molecule has 6 nitrogen and oxygen atoms in total. The second-order valence-electron chi connectivity index (χ2n) is 6.92. The molecular formula is C24H25NO5. The minimum atomic E-state index is -0.530. The number of nitrogens with zero attached hydrogens (tertiary/aromatic N) is 1. The normalized spacial score (nSPS) is 11.4. The zero-order chi connectivity index (χ0) is 21.3. The van der Waals surface area contributed by atoms with Crippen LogP contribution in [0, 0.1) is 0 Å². The molecule has 3 rings (SSSR count). The summed E-state index contributed by atoms with van der Waals surface area (Å²) in [5.74, 6) is 0.221. The van der Waals surface area contributed by atoms with Crippen molar-refractivity contribution in [2.24, 2.45) is 0 Å². The molecule has 156 valence electrons. The lowest BCUT2D eigenvalue weighted by Crippen LogP contribution is -1.97. The van der Waals surface area contributed by atoms with Crippen LogP contribution in [0.5, 0.6) is 11.5 Å². The van der Waals surface area contributed by atoms with Crippen LogP contribution in [0.2, 0.25) is 0 Å². The van der Waals surface area contributed by atoms with E-state index in [1.54, 1.807) is 12.1 Å². The van der Waals surface area contributed by atoms with Gasteiger partial charge in [0.05, 0.1) is 12.2 Å². The fraction of sp³-hybridized carbons (Fsp3) is 0.250. The Bertz CT molecular complexity index is 1000. The molecule has 0 atom stereocenters. The Morgan fingerprint density at radius 1 is 1.10 bits per heavy atom. The summed E-state index contributed by atoms with van der Waals surface area (Å²) in [6, 6.07) is 15.1. The number of allylic oxidation sites excluding steroid dienone is 1. The van der Waals surface area contributed by atoms with Gasteiger partial charge < -0.3 is 19.5 Å². The van der Waals surface area contributed by atoms with E-state index in [9.17, 15) is 15.0 Å². The average Bonchev–Trinajstić information content (AvgIpc) is 3.25. The lowest BCUT2D eigenvalue weighted by Gasteiger charge is -2.06. The molecule has 0 amide bonds. The monoisotopic (exact) mass is 407 g/mol. The predicted molar refractivity (Wildman–Crippen MR) is 115 cm³/mol. The molecule has 0 bridgehead atoms. The summed E-state index contributed by atoms with van der Waals surface area (Å²) in [6.07, 6.45) is 5.61. The number of phenolic OH excluding ortho intramolecular Hbond substituents is 1. The topological polar surface area (TPSA) is 92.8 Å². The summed E-state index contributed by atoms with van der Waals surface area (Å²) in [6.45, 7) is 2.86. The van der Waals surface area contributed by atoms with E-state index in [2.05, 4.69) is 12.1 Å². The number of hydrogen-bond donors (Lipinski definition) is 2. The predicted octanol–water partition coefficient (Wildman–Crippen LogP) is 5.79. The summed E-state index contributed by atoms with van der Waals surface area (Å²) >= 11 is 0. The summed E-state index contributed by atoms with van der Waals surface area (Å²) < 4.78 is 11.0. The Morgan fingerprint density at radius 3 is 2.60 bits per heavy atom. The molecule has 6 heteroatoms. The van der Waals surface area contributed by atoms with Crippen molar-refractivity contribution in [2.45, 2.75) is 32.6 Å². The first kappa shape index (κ1) is 21.2. The third-order valence-corrected chi connectivity index (χ3v) is 4.62. The van der Waals surface area contributed by atoms with Crippen molar-refractivity contribution < 1.29 is 24.3 Å². The molecule has 2 aromatic carbocycles. The lowest BCUT2D eigenvalue weighted by atomic mass is 10.1. The van der Waals surface area contributed by atoms with Crippen LogP contribution in [0.1, 0.15) is 48.7 Å². The van der Waals surface area contributed by atoms with Gasteiger partial charge in [-0.05, 0) is 42.8 Å². The average molecular weight is 407 g/mol. The van der Waals surface area contributed by atoms with Gasteiger partial charge in [0.25, 0.3) is 0 Å². The maximum atomic E-state index is 12.4. The minimum Gasteiger partial charge on any atom is -0.507 e. The Morgan fingerprint density at radius 2 is 1.87 bits per heavy atom. The molecule has 3 aromatic rings. The second-order valence-corrected chi connectivity index (χ2v) is 6.92. The smallest absolute Gasteiger partial charge is 0.211 e. The first-order valence-corrected chi connectivity index (χ1v) is 10.0. The van der Waals surface area contributed by atoms with Gasteiger partial charge in [-0.15, -0.1) is 0 Å². The molecule has 0 saturated heterocycles. The zero-order valence-electron chi connectivity index (χ0n) is 16.9. The fourth-order valence-corrected chi connectivity index (χ4v) is 2.93. The van der Waals surface area contributed by atoms with Crippen molar-refractivity contribution in [3.63, 3.8) is 0 Å². The first-order chi connectivity index (χ1) is 14.6. The first-order valence-electron chi connectivity index (χ1n) is 10.0. The minimum absolute atomic E-state index is 0.0585. The molecule has 1 heterocycles. The lowest BCUT2D eigenvalue weighted by molar-refractivity contribution is 0.103. The number of carbonyl (C=O) groups is 1. The van der Waals surface area contributed by atoms with Gasteiger partial charge in [-0.25, -0.2) is 0 Å². The number of carbonyl (C=O) groups excluding carboxylic acids is 1. The Kier molecular flexibility index (Phi) is 7.27. The fourth-order valence-electron chi connectivity index (χ4n) is 2.93. The number of unbranched alkanes of at least 4 members (excludes halogenated alkanes) is 3. The molecule has 0 unspecified atom stereocenters. The van der Waals surface area contributed by atoms with Crippen LogP contribution >= 0.6 is 0 Å². The van der Waals surface area contributed by atoms with Crippen molar-refractivity contribution in [3.05, 3.63) is 71.9 Å². The van der Waals surface area contributed by atoms with E-state index < -0.39 is 5.78 Å². The van der Waals surface area contributed by atoms with Crippen LogP contribution in [0.15, 0.2) is 65.2 Å². The van der Waals surface area contributed by atoms with Gasteiger partial charge >= 0.3 is 0 Å². The highest BCUT2D eigenvalue weighted by Crippen LogP contribution is 2.25. The number of aliphatic hydroxyl groups is 1. The number of phenols is 1. The van der Waals surface area contributed by atoms with Gasteiger partial charge in [-0.2, -0.15) is 0 Å². The van der Waals surface area contributed by atoms with Gasteiger partial charge in [-0.3, -0.25) is 4.79 Å². The Labute approximate surface area is 175 Å². The van der Waals surface area contributed by atoms with Gasteiger partial charge in [-0.1, -0.05) is 43.5 Å². The van der Waals surface area contributed by atoms with Gasteiger partial charge in [0, 0.05) is 17.7 Å². The molecule has 0 spiro atoms. The number of benzene rings is 2. The number of para-hydroxylation sites is 1. The number of aliphatic hydroxyl groups excluding tert-OH is 1. The summed E-state index contributed by atoms with van der Waals surface area (Å²) in [5.41, 5.74) is 0.983. The molecule has 0 aliphatic carbocycles. The van der Waals surface area contributed by atoms with Crippen molar-refractivity contribution in [2.75, 3.05) is 6.61 Å². The van der Waals surface area contributed by atoms with E-state index in [0.717, 1.165) is 30.2 Å². The Hall–Kier alpha value is -3.54. The Balaban J connectivity index is 1.63. The van der Waals surface area contributed by atoms with E-state index in [1.807, 2.05) is 24.3 Å². The van der Waals surface area contributed by atoms with E-state index in [4.69, 9.17) is 9.26 Å². The van der Waals surface area contributed by atoms with Crippen molar-refractivity contribution in [1.82, 2.24) is 5.16 Å². The molecule has 0 aliphatic rings.